The standard InChI is InChI=1S/C46H57NO4/c1-3-4-5-6-7-8-9-10-11-12-13-14-27-36-44(51-45(49)39-28-19-15-20-29-39)43(47-38(2)48)37-50-46(40-30-21-16-22-31-40,41-32-23-17-24-33-41)42-34-25-18-26-35-42/h15-36,43-44H,3-14,37H2,1-2H3,(H,47,48)/b36-27+/t43-,44+/m0/s1. The lowest BCUT2D eigenvalue weighted by Gasteiger charge is -2.38. The van der Waals surface area contributed by atoms with E-state index in [9.17, 15) is 9.59 Å². The van der Waals surface area contributed by atoms with Gasteiger partial charge in [-0.2, -0.15) is 0 Å². The van der Waals surface area contributed by atoms with Gasteiger partial charge in [-0.3, -0.25) is 4.79 Å². The van der Waals surface area contributed by atoms with Crippen LogP contribution in [0.2, 0.25) is 0 Å². The van der Waals surface area contributed by atoms with E-state index in [0.29, 0.717) is 5.56 Å². The predicted molar refractivity (Wildman–Crippen MR) is 209 cm³/mol. The van der Waals surface area contributed by atoms with Gasteiger partial charge in [-0.05, 0) is 47.7 Å². The van der Waals surface area contributed by atoms with Gasteiger partial charge in [-0.25, -0.2) is 4.79 Å². The van der Waals surface area contributed by atoms with Gasteiger partial charge in [0.05, 0.1) is 18.2 Å². The van der Waals surface area contributed by atoms with Crippen molar-refractivity contribution in [3.8, 4) is 0 Å². The first-order chi connectivity index (χ1) is 25.0. The Labute approximate surface area is 306 Å². The van der Waals surface area contributed by atoms with Gasteiger partial charge >= 0.3 is 5.97 Å². The molecule has 0 saturated carbocycles. The molecular formula is C46H57NO4. The molecule has 2 atom stereocenters. The van der Waals surface area contributed by atoms with Crippen molar-refractivity contribution in [2.45, 2.75) is 109 Å². The van der Waals surface area contributed by atoms with Gasteiger partial charge in [0.2, 0.25) is 5.91 Å². The number of ether oxygens (including phenoxy) is 2. The van der Waals surface area contributed by atoms with Crippen molar-refractivity contribution in [2.24, 2.45) is 0 Å². The molecule has 4 rings (SSSR count). The second-order valence-electron chi connectivity index (χ2n) is 13.4. The second kappa shape index (κ2) is 22.4. The van der Waals surface area contributed by atoms with E-state index < -0.39 is 23.7 Å². The molecule has 0 radical (unpaired) electrons. The van der Waals surface area contributed by atoms with E-state index in [-0.39, 0.29) is 12.5 Å². The number of esters is 1. The average Bonchev–Trinajstić information content (AvgIpc) is 3.17. The number of unbranched alkanes of at least 4 members (excludes halogenated alkanes) is 11. The number of hydrogen-bond donors (Lipinski definition) is 1. The normalized spacial score (nSPS) is 12.7. The fourth-order valence-electron chi connectivity index (χ4n) is 6.64. The zero-order valence-electron chi connectivity index (χ0n) is 30.7. The predicted octanol–water partition coefficient (Wildman–Crippen LogP) is 11.0. The van der Waals surface area contributed by atoms with Crippen molar-refractivity contribution < 1.29 is 19.1 Å². The number of rotatable bonds is 23. The Bertz CT molecular complexity index is 1460. The van der Waals surface area contributed by atoms with E-state index in [1.54, 1.807) is 12.1 Å². The third-order valence-electron chi connectivity index (χ3n) is 9.36. The molecule has 0 aromatic heterocycles. The molecule has 5 heteroatoms. The molecule has 270 valence electrons. The van der Waals surface area contributed by atoms with Crippen LogP contribution in [0.1, 0.15) is 118 Å². The van der Waals surface area contributed by atoms with Crippen LogP contribution in [-0.2, 0) is 19.9 Å². The molecule has 0 heterocycles. The van der Waals surface area contributed by atoms with E-state index in [4.69, 9.17) is 9.47 Å². The molecule has 51 heavy (non-hydrogen) atoms. The van der Waals surface area contributed by atoms with Crippen LogP contribution in [0.3, 0.4) is 0 Å². The van der Waals surface area contributed by atoms with Crippen LogP contribution in [0, 0.1) is 0 Å². The molecule has 1 N–H and O–H groups in total. The van der Waals surface area contributed by atoms with Crippen LogP contribution in [0.4, 0.5) is 0 Å². The molecule has 0 aliphatic carbocycles. The number of hydrogen-bond acceptors (Lipinski definition) is 4. The lowest BCUT2D eigenvalue weighted by Crippen LogP contribution is -2.49. The number of carbonyl (C=O) groups is 2. The molecule has 5 nitrogen and oxygen atoms in total. The maximum atomic E-state index is 13.4. The summed E-state index contributed by atoms with van der Waals surface area (Å²) in [5.41, 5.74) is 2.32. The first-order valence-electron chi connectivity index (χ1n) is 19.0. The summed E-state index contributed by atoms with van der Waals surface area (Å²) in [7, 11) is 0. The van der Waals surface area contributed by atoms with Crippen LogP contribution in [0.5, 0.6) is 0 Å². The quantitative estimate of drug-likeness (QED) is 0.0365. The summed E-state index contributed by atoms with van der Waals surface area (Å²) in [6, 6.07) is 38.7. The van der Waals surface area contributed by atoms with Crippen molar-refractivity contribution in [1.82, 2.24) is 5.32 Å². The highest BCUT2D eigenvalue weighted by atomic mass is 16.5. The first kappa shape index (κ1) is 39.3. The Hall–Kier alpha value is -4.48. The molecular weight excluding hydrogens is 631 g/mol. The summed E-state index contributed by atoms with van der Waals surface area (Å²) >= 11 is 0. The molecule has 0 spiro atoms. The lowest BCUT2D eigenvalue weighted by molar-refractivity contribution is -0.121. The van der Waals surface area contributed by atoms with E-state index in [2.05, 4.69) is 54.7 Å². The van der Waals surface area contributed by atoms with Crippen LogP contribution < -0.4 is 5.32 Å². The summed E-state index contributed by atoms with van der Waals surface area (Å²) in [6.07, 6.45) is 18.3. The Balaban J connectivity index is 1.53. The molecule has 0 bridgehead atoms. The van der Waals surface area contributed by atoms with E-state index in [0.717, 1.165) is 29.5 Å². The van der Waals surface area contributed by atoms with Crippen LogP contribution in [0.25, 0.3) is 0 Å². The van der Waals surface area contributed by atoms with Gasteiger partial charge in [0.1, 0.15) is 11.7 Å². The molecule has 0 saturated heterocycles. The SMILES string of the molecule is CCCCCCCCCCCCC/C=C/[C@@H](OC(=O)c1ccccc1)[C@H](COC(c1ccccc1)(c1ccccc1)c1ccccc1)NC(C)=O. The topological polar surface area (TPSA) is 64.6 Å². The average molecular weight is 688 g/mol. The molecule has 4 aromatic rings. The third kappa shape index (κ3) is 12.7. The van der Waals surface area contributed by atoms with Crippen molar-refractivity contribution in [3.05, 3.63) is 156 Å². The summed E-state index contributed by atoms with van der Waals surface area (Å²) in [5, 5.41) is 3.07. The van der Waals surface area contributed by atoms with E-state index >= 15 is 0 Å². The monoisotopic (exact) mass is 687 g/mol. The number of nitrogens with one attached hydrogen (secondary N) is 1. The van der Waals surface area contributed by atoms with Gasteiger partial charge in [0.15, 0.2) is 0 Å². The molecule has 0 unspecified atom stereocenters. The second-order valence-corrected chi connectivity index (χ2v) is 13.4. The Kier molecular flexibility index (Phi) is 17.2. The Morgan fingerprint density at radius 2 is 1.06 bits per heavy atom. The summed E-state index contributed by atoms with van der Waals surface area (Å²) in [6.45, 7) is 3.82. The summed E-state index contributed by atoms with van der Waals surface area (Å²) < 4.78 is 13.3. The van der Waals surface area contributed by atoms with Crippen molar-refractivity contribution in [1.29, 1.82) is 0 Å². The number of benzene rings is 4. The Morgan fingerprint density at radius 3 is 1.51 bits per heavy atom. The minimum atomic E-state index is -0.992. The highest BCUT2D eigenvalue weighted by Crippen LogP contribution is 2.40. The zero-order valence-corrected chi connectivity index (χ0v) is 30.7. The molecule has 1 amide bonds. The molecule has 0 aliphatic rings. The fourth-order valence-corrected chi connectivity index (χ4v) is 6.64. The molecule has 4 aromatic carbocycles. The largest absolute Gasteiger partial charge is 0.452 e. The molecule has 0 fully saturated rings. The van der Waals surface area contributed by atoms with Crippen molar-refractivity contribution in [2.75, 3.05) is 6.61 Å². The van der Waals surface area contributed by atoms with Crippen molar-refractivity contribution >= 4 is 11.9 Å². The van der Waals surface area contributed by atoms with Crippen molar-refractivity contribution in [3.63, 3.8) is 0 Å². The van der Waals surface area contributed by atoms with Gasteiger partial charge in [0, 0.05) is 6.92 Å². The van der Waals surface area contributed by atoms with Crippen LogP contribution >= 0.6 is 0 Å². The Morgan fingerprint density at radius 1 is 0.627 bits per heavy atom. The number of amides is 1. The van der Waals surface area contributed by atoms with Gasteiger partial charge in [0.25, 0.3) is 0 Å². The minimum absolute atomic E-state index is 0.0772. The lowest BCUT2D eigenvalue weighted by atomic mass is 9.80. The maximum absolute atomic E-state index is 13.4. The fraction of sp³-hybridized carbons (Fsp3) is 0.391. The number of allylic oxidation sites excluding steroid dienone is 1. The third-order valence-corrected chi connectivity index (χ3v) is 9.36. The van der Waals surface area contributed by atoms with E-state index in [1.165, 1.54) is 71.1 Å². The minimum Gasteiger partial charge on any atom is -0.452 e. The summed E-state index contributed by atoms with van der Waals surface area (Å²) in [5.74, 6) is -0.677. The van der Waals surface area contributed by atoms with Crippen LogP contribution in [0.15, 0.2) is 133 Å². The first-order valence-corrected chi connectivity index (χ1v) is 19.0. The van der Waals surface area contributed by atoms with Gasteiger partial charge < -0.3 is 14.8 Å². The smallest absolute Gasteiger partial charge is 0.338 e. The van der Waals surface area contributed by atoms with Gasteiger partial charge in [-0.1, -0.05) is 186 Å². The number of carbonyl (C=O) groups excluding carboxylic acids is 2. The zero-order chi connectivity index (χ0) is 36.0. The van der Waals surface area contributed by atoms with E-state index in [1.807, 2.05) is 78.9 Å². The summed E-state index contributed by atoms with van der Waals surface area (Å²) in [4.78, 5) is 26.1. The highest BCUT2D eigenvalue weighted by Gasteiger charge is 2.39. The van der Waals surface area contributed by atoms with Gasteiger partial charge in [-0.15, -0.1) is 0 Å². The van der Waals surface area contributed by atoms with Crippen LogP contribution in [-0.4, -0.2) is 30.6 Å². The highest BCUT2D eigenvalue weighted by molar-refractivity contribution is 5.89. The maximum Gasteiger partial charge on any atom is 0.338 e. The molecule has 0 aliphatic heterocycles.